The second-order valence-electron chi connectivity index (χ2n) is 14.0. The Morgan fingerprint density at radius 3 is 1.57 bits per heavy atom. The number of hydrogen-bond donors (Lipinski definition) is 0. The number of hydrogen-bond acceptors (Lipinski definition) is 5. The van der Waals surface area contributed by atoms with Gasteiger partial charge >= 0.3 is 0 Å². The molecule has 0 atom stereocenters. The normalized spacial score (nSPS) is 11.6. The van der Waals surface area contributed by atoms with E-state index < -0.39 is 0 Å². The SMILES string of the molecule is c1ccc(-c2cccc(-c3nc(-c4ccccc4)nc(-c4cc(-c5ccc6oc7ccccc7c6c5)cc(-c5cccc6oc7ccccc7c56)c4)n3)c2)cc1. The van der Waals surface area contributed by atoms with E-state index in [1.807, 2.05) is 66.7 Å². The first-order valence-corrected chi connectivity index (χ1v) is 18.7. The van der Waals surface area contributed by atoms with E-state index in [0.29, 0.717) is 17.5 Å². The van der Waals surface area contributed by atoms with Crippen LogP contribution in [0.15, 0.2) is 197 Å². The zero-order valence-electron chi connectivity index (χ0n) is 30.1. The van der Waals surface area contributed by atoms with Crippen LogP contribution in [0.1, 0.15) is 0 Å². The van der Waals surface area contributed by atoms with Crippen molar-refractivity contribution in [3.05, 3.63) is 188 Å². The number of nitrogens with zero attached hydrogens (tertiary/aromatic N) is 3. The minimum atomic E-state index is 0.584. The van der Waals surface area contributed by atoms with E-state index in [9.17, 15) is 0 Å². The number of aromatic nitrogens is 3. The average molecular weight is 718 g/mol. The van der Waals surface area contributed by atoms with Gasteiger partial charge < -0.3 is 8.83 Å². The fourth-order valence-electron chi connectivity index (χ4n) is 7.82. The van der Waals surface area contributed by atoms with Crippen molar-refractivity contribution in [3.8, 4) is 67.5 Å². The van der Waals surface area contributed by atoms with Crippen LogP contribution in [0.3, 0.4) is 0 Å². The highest BCUT2D eigenvalue weighted by molar-refractivity contribution is 6.13. The monoisotopic (exact) mass is 717 g/mol. The summed E-state index contributed by atoms with van der Waals surface area (Å²) >= 11 is 0. The largest absolute Gasteiger partial charge is 0.456 e. The predicted molar refractivity (Wildman–Crippen MR) is 227 cm³/mol. The van der Waals surface area contributed by atoms with Crippen molar-refractivity contribution < 1.29 is 8.83 Å². The number of benzene rings is 8. The minimum absolute atomic E-state index is 0.584. The Bertz CT molecular complexity index is 3250. The average Bonchev–Trinajstić information content (AvgIpc) is 3.85. The quantitative estimate of drug-likeness (QED) is 0.171. The van der Waals surface area contributed by atoms with Gasteiger partial charge in [-0.15, -0.1) is 0 Å². The summed E-state index contributed by atoms with van der Waals surface area (Å²) in [7, 11) is 0. The first-order valence-electron chi connectivity index (χ1n) is 18.7. The molecule has 0 aliphatic carbocycles. The number of para-hydroxylation sites is 2. The van der Waals surface area contributed by atoms with Gasteiger partial charge in [0.1, 0.15) is 22.3 Å². The van der Waals surface area contributed by atoms with Gasteiger partial charge in [0.05, 0.1) is 0 Å². The van der Waals surface area contributed by atoms with Gasteiger partial charge in [-0.3, -0.25) is 0 Å². The molecule has 0 amide bonds. The molecule has 5 heteroatoms. The van der Waals surface area contributed by atoms with Crippen molar-refractivity contribution in [2.75, 3.05) is 0 Å². The highest BCUT2D eigenvalue weighted by atomic mass is 16.3. The standard InChI is InChI=1S/C51H31N3O2/c1-3-13-32(14-4-1)34-17-11-18-36(27-34)50-52-49(33-15-5-2-6-16-33)53-51(54-50)39-29-37(35-25-26-46-43(31-35)41-19-7-9-22-44(41)55-46)28-38(30-39)40-21-12-24-47-48(40)42-20-8-10-23-45(42)56-47/h1-31H. The molecule has 0 saturated heterocycles. The van der Waals surface area contributed by atoms with Crippen LogP contribution in [0, 0.1) is 0 Å². The van der Waals surface area contributed by atoms with Crippen molar-refractivity contribution in [2.45, 2.75) is 0 Å². The van der Waals surface area contributed by atoms with Crippen molar-refractivity contribution >= 4 is 43.9 Å². The topological polar surface area (TPSA) is 65.0 Å². The summed E-state index contributed by atoms with van der Waals surface area (Å²) in [5, 5.41) is 4.30. The Balaban J connectivity index is 1.16. The Hall–Kier alpha value is -7.63. The first kappa shape index (κ1) is 31.9. The van der Waals surface area contributed by atoms with Crippen molar-refractivity contribution in [1.29, 1.82) is 0 Å². The zero-order valence-corrected chi connectivity index (χ0v) is 30.1. The third-order valence-electron chi connectivity index (χ3n) is 10.5. The fraction of sp³-hybridized carbons (Fsp3) is 0. The van der Waals surface area contributed by atoms with E-state index in [0.717, 1.165) is 93.9 Å². The molecule has 0 aliphatic heterocycles. The summed E-state index contributed by atoms with van der Waals surface area (Å²) in [6.45, 7) is 0. The zero-order chi connectivity index (χ0) is 37.0. The van der Waals surface area contributed by atoms with Crippen LogP contribution in [-0.4, -0.2) is 15.0 Å². The lowest BCUT2D eigenvalue weighted by atomic mass is 9.93. The first-order chi connectivity index (χ1) is 27.7. The summed E-state index contributed by atoms with van der Waals surface area (Å²) in [5.41, 5.74) is 12.5. The molecule has 5 nitrogen and oxygen atoms in total. The van der Waals surface area contributed by atoms with Gasteiger partial charge in [0, 0.05) is 38.2 Å². The Morgan fingerprint density at radius 2 is 0.768 bits per heavy atom. The highest BCUT2D eigenvalue weighted by Gasteiger charge is 2.18. The molecule has 0 aliphatic rings. The summed E-state index contributed by atoms with van der Waals surface area (Å²) in [6, 6.07) is 64.6. The molecule has 0 saturated carbocycles. The van der Waals surface area contributed by atoms with Crippen LogP contribution in [-0.2, 0) is 0 Å². The van der Waals surface area contributed by atoms with E-state index in [4.69, 9.17) is 23.8 Å². The molecular formula is C51H31N3O2. The van der Waals surface area contributed by atoms with Crippen molar-refractivity contribution in [3.63, 3.8) is 0 Å². The predicted octanol–water partition coefficient (Wildman–Crippen LogP) is 13.7. The molecule has 0 bridgehead atoms. The molecule has 0 radical (unpaired) electrons. The third-order valence-corrected chi connectivity index (χ3v) is 10.5. The summed E-state index contributed by atoms with van der Waals surface area (Å²) in [4.78, 5) is 15.5. The van der Waals surface area contributed by atoms with Crippen molar-refractivity contribution in [2.24, 2.45) is 0 Å². The third kappa shape index (κ3) is 5.53. The molecule has 11 aromatic rings. The van der Waals surface area contributed by atoms with Crippen LogP contribution in [0.4, 0.5) is 0 Å². The molecule has 3 heterocycles. The van der Waals surface area contributed by atoms with E-state index in [2.05, 4.69) is 121 Å². The lowest BCUT2D eigenvalue weighted by Gasteiger charge is -2.13. The summed E-state index contributed by atoms with van der Waals surface area (Å²) in [5.74, 6) is 1.80. The molecule has 0 fully saturated rings. The Morgan fingerprint density at radius 1 is 0.268 bits per heavy atom. The molecule has 0 spiro atoms. The second kappa shape index (κ2) is 13.0. The molecule has 8 aromatic carbocycles. The maximum Gasteiger partial charge on any atom is 0.164 e. The van der Waals surface area contributed by atoms with E-state index in [1.165, 1.54) is 0 Å². The van der Waals surface area contributed by atoms with Gasteiger partial charge in [-0.25, -0.2) is 15.0 Å². The van der Waals surface area contributed by atoms with E-state index in [-0.39, 0.29) is 0 Å². The maximum atomic E-state index is 6.35. The van der Waals surface area contributed by atoms with E-state index >= 15 is 0 Å². The maximum absolute atomic E-state index is 6.35. The number of fused-ring (bicyclic) bond motifs is 6. The van der Waals surface area contributed by atoms with Gasteiger partial charge in [-0.1, -0.05) is 133 Å². The van der Waals surface area contributed by atoms with E-state index in [1.54, 1.807) is 0 Å². The van der Waals surface area contributed by atoms with Crippen LogP contribution in [0.25, 0.3) is 111 Å². The number of furan rings is 2. The highest BCUT2D eigenvalue weighted by Crippen LogP contribution is 2.41. The molecule has 11 rings (SSSR count). The molecule has 0 N–H and O–H groups in total. The summed E-state index contributed by atoms with van der Waals surface area (Å²) in [6.07, 6.45) is 0. The minimum Gasteiger partial charge on any atom is -0.456 e. The molecule has 56 heavy (non-hydrogen) atoms. The fourth-order valence-corrected chi connectivity index (χ4v) is 7.82. The lowest BCUT2D eigenvalue weighted by Crippen LogP contribution is -2.00. The van der Waals surface area contributed by atoms with Crippen LogP contribution in [0.5, 0.6) is 0 Å². The van der Waals surface area contributed by atoms with Crippen LogP contribution < -0.4 is 0 Å². The van der Waals surface area contributed by atoms with Gasteiger partial charge in [-0.05, 0) is 88.0 Å². The van der Waals surface area contributed by atoms with Gasteiger partial charge in [0.2, 0.25) is 0 Å². The Labute approximate surface area is 322 Å². The lowest BCUT2D eigenvalue weighted by molar-refractivity contribution is 0.668. The molecule has 262 valence electrons. The molecular weight excluding hydrogens is 687 g/mol. The Kier molecular flexibility index (Phi) is 7.42. The molecule has 3 aromatic heterocycles. The smallest absolute Gasteiger partial charge is 0.164 e. The van der Waals surface area contributed by atoms with Gasteiger partial charge in [0.25, 0.3) is 0 Å². The molecule has 0 unspecified atom stereocenters. The van der Waals surface area contributed by atoms with Gasteiger partial charge in [0.15, 0.2) is 17.5 Å². The number of rotatable bonds is 6. The summed E-state index contributed by atoms with van der Waals surface area (Å²) < 4.78 is 12.6. The van der Waals surface area contributed by atoms with Crippen molar-refractivity contribution in [1.82, 2.24) is 15.0 Å². The van der Waals surface area contributed by atoms with Crippen LogP contribution in [0.2, 0.25) is 0 Å². The van der Waals surface area contributed by atoms with Gasteiger partial charge in [-0.2, -0.15) is 0 Å². The second-order valence-corrected chi connectivity index (χ2v) is 14.0. The van der Waals surface area contributed by atoms with Crippen LogP contribution >= 0.6 is 0 Å².